The van der Waals surface area contributed by atoms with Crippen LogP contribution in [0.25, 0.3) is 0 Å². The van der Waals surface area contributed by atoms with Crippen LogP contribution < -0.4 is 0 Å². The predicted molar refractivity (Wildman–Crippen MR) is 51.1 cm³/mol. The van der Waals surface area contributed by atoms with E-state index in [1.165, 1.54) is 0 Å². The van der Waals surface area contributed by atoms with E-state index in [0.29, 0.717) is 24.5 Å². The molecule has 2 aliphatic rings. The summed E-state index contributed by atoms with van der Waals surface area (Å²) in [5.74, 6) is -0.314. The maximum atomic E-state index is 10.5. The third kappa shape index (κ3) is 1.91. The highest BCUT2D eigenvalue weighted by atomic mass is 16.5. The first-order chi connectivity index (χ1) is 6.66. The Morgan fingerprint density at radius 1 is 1.57 bits per heavy atom. The van der Waals surface area contributed by atoms with Crippen LogP contribution in [-0.2, 0) is 9.53 Å². The average molecular weight is 199 g/mol. The zero-order valence-corrected chi connectivity index (χ0v) is 8.48. The molecule has 2 heterocycles. The lowest BCUT2D eigenvalue weighted by Gasteiger charge is -2.43. The third-order valence-electron chi connectivity index (χ3n) is 3.25. The molecule has 2 unspecified atom stereocenters. The minimum atomic E-state index is -0.676. The van der Waals surface area contributed by atoms with E-state index in [0.717, 1.165) is 26.1 Å². The molecule has 0 saturated carbocycles. The van der Waals surface area contributed by atoms with Gasteiger partial charge in [-0.25, -0.2) is 0 Å². The second-order valence-electron chi connectivity index (χ2n) is 4.35. The molecule has 2 rings (SSSR count). The van der Waals surface area contributed by atoms with E-state index in [1.54, 1.807) is 0 Å². The van der Waals surface area contributed by atoms with Gasteiger partial charge in [0.15, 0.2) is 0 Å². The lowest BCUT2D eigenvalue weighted by molar-refractivity contribution is -0.140. The Labute approximate surface area is 83.8 Å². The van der Waals surface area contributed by atoms with Gasteiger partial charge in [-0.15, -0.1) is 0 Å². The molecule has 0 aromatic heterocycles. The summed E-state index contributed by atoms with van der Waals surface area (Å²) < 4.78 is 5.48. The molecule has 0 amide bonds. The summed E-state index contributed by atoms with van der Waals surface area (Å²) in [5, 5.41) is 8.61. The topological polar surface area (TPSA) is 49.8 Å². The van der Waals surface area contributed by atoms with Crippen molar-refractivity contribution in [2.45, 2.75) is 31.9 Å². The molecular formula is C10H17NO3. The Morgan fingerprint density at radius 2 is 2.29 bits per heavy atom. The van der Waals surface area contributed by atoms with Crippen molar-refractivity contribution in [1.82, 2.24) is 4.90 Å². The van der Waals surface area contributed by atoms with Gasteiger partial charge in [0.25, 0.3) is 0 Å². The van der Waals surface area contributed by atoms with Gasteiger partial charge in [0.1, 0.15) is 0 Å². The fraction of sp³-hybridized carbons (Fsp3) is 0.900. The van der Waals surface area contributed by atoms with Crippen molar-refractivity contribution in [1.29, 1.82) is 0 Å². The van der Waals surface area contributed by atoms with Crippen LogP contribution in [0.3, 0.4) is 0 Å². The first-order valence-electron chi connectivity index (χ1n) is 5.24. The van der Waals surface area contributed by atoms with Crippen molar-refractivity contribution in [3.8, 4) is 0 Å². The number of carboxylic acid groups (broad SMARTS) is 1. The van der Waals surface area contributed by atoms with Crippen molar-refractivity contribution < 1.29 is 14.6 Å². The lowest BCUT2D eigenvalue weighted by atomic mass is 9.93. The number of carboxylic acids is 1. The summed E-state index contributed by atoms with van der Waals surface area (Å²) in [5.41, 5.74) is 0. The summed E-state index contributed by atoms with van der Waals surface area (Å²) in [6, 6.07) is 0.528. The fourth-order valence-corrected chi connectivity index (χ4v) is 2.46. The number of hydrogen-bond donors (Lipinski definition) is 1. The highest BCUT2D eigenvalue weighted by Crippen LogP contribution is 2.28. The minimum Gasteiger partial charge on any atom is -0.481 e. The molecule has 2 fully saturated rings. The van der Waals surface area contributed by atoms with Crippen LogP contribution in [0.5, 0.6) is 0 Å². The van der Waals surface area contributed by atoms with Crippen LogP contribution in [0.15, 0.2) is 0 Å². The number of rotatable bonds is 3. The molecule has 0 aliphatic carbocycles. The Hall–Kier alpha value is -0.610. The average Bonchev–Trinajstić information content (AvgIpc) is 2.42. The largest absolute Gasteiger partial charge is 0.481 e. The molecular weight excluding hydrogens is 182 g/mol. The van der Waals surface area contributed by atoms with Crippen molar-refractivity contribution in [3.05, 3.63) is 0 Å². The van der Waals surface area contributed by atoms with Crippen molar-refractivity contribution >= 4 is 5.97 Å². The van der Waals surface area contributed by atoms with Gasteiger partial charge in [-0.3, -0.25) is 9.69 Å². The zero-order valence-electron chi connectivity index (χ0n) is 8.48. The van der Waals surface area contributed by atoms with E-state index in [9.17, 15) is 4.79 Å². The molecule has 1 N–H and O–H groups in total. The van der Waals surface area contributed by atoms with Crippen molar-refractivity contribution in [3.63, 3.8) is 0 Å². The Morgan fingerprint density at radius 3 is 2.79 bits per heavy atom. The molecule has 2 atom stereocenters. The molecule has 4 nitrogen and oxygen atoms in total. The van der Waals surface area contributed by atoms with Crippen LogP contribution in [0.1, 0.15) is 19.8 Å². The number of aliphatic carboxylic acids is 1. The summed E-state index contributed by atoms with van der Waals surface area (Å²) in [7, 11) is 0. The maximum Gasteiger partial charge on any atom is 0.303 e. The first-order valence-corrected chi connectivity index (χ1v) is 5.24. The number of ether oxygens (including phenoxy) is 1. The van der Waals surface area contributed by atoms with Crippen molar-refractivity contribution in [2.75, 3.05) is 19.7 Å². The predicted octanol–water partition coefficient (Wildman–Crippen LogP) is 0.570. The van der Waals surface area contributed by atoms with Crippen LogP contribution in [0.2, 0.25) is 0 Å². The molecule has 0 radical (unpaired) electrons. The molecule has 14 heavy (non-hydrogen) atoms. The summed E-state index contributed by atoms with van der Waals surface area (Å²) in [4.78, 5) is 12.8. The van der Waals surface area contributed by atoms with Gasteiger partial charge in [-0.05, 0) is 19.3 Å². The Bertz CT molecular complexity index is 225. The number of likely N-dealkylation sites (tertiary alicyclic amines) is 1. The summed E-state index contributed by atoms with van der Waals surface area (Å²) >= 11 is 0. The molecule has 0 aromatic carbocycles. The van der Waals surface area contributed by atoms with Gasteiger partial charge in [-0.1, -0.05) is 0 Å². The lowest BCUT2D eigenvalue weighted by Crippen LogP contribution is -2.54. The van der Waals surface area contributed by atoms with E-state index < -0.39 is 5.97 Å². The van der Waals surface area contributed by atoms with Crippen molar-refractivity contribution in [2.24, 2.45) is 5.92 Å². The van der Waals surface area contributed by atoms with Gasteiger partial charge in [0.05, 0.1) is 12.5 Å². The first kappa shape index (κ1) is 9.93. The third-order valence-corrected chi connectivity index (χ3v) is 3.25. The molecule has 0 bridgehead atoms. The molecule has 0 aromatic rings. The fourth-order valence-electron chi connectivity index (χ4n) is 2.46. The van der Waals surface area contributed by atoms with Crippen LogP contribution in [-0.4, -0.2) is 47.8 Å². The van der Waals surface area contributed by atoms with E-state index in [-0.39, 0.29) is 0 Å². The van der Waals surface area contributed by atoms with E-state index in [4.69, 9.17) is 9.84 Å². The molecule has 2 aliphatic heterocycles. The Balaban J connectivity index is 1.74. The van der Waals surface area contributed by atoms with E-state index >= 15 is 0 Å². The van der Waals surface area contributed by atoms with Gasteiger partial charge in [0, 0.05) is 25.7 Å². The second-order valence-corrected chi connectivity index (χ2v) is 4.35. The standard InChI is InChI=1S/C10H17NO3/c1-7-9(2-3-14-7)11-5-8(6-11)4-10(12)13/h7-9H,2-6H2,1H3,(H,12,13). The minimum absolute atomic E-state index is 0.318. The van der Waals surface area contributed by atoms with Crippen LogP contribution in [0, 0.1) is 5.92 Å². The number of nitrogens with zero attached hydrogens (tertiary/aromatic N) is 1. The van der Waals surface area contributed by atoms with E-state index in [1.807, 2.05) is 0 Å². The molecule has 0 spiro atoms. The van der Waals surface area contributed by atoms with E-state index in [2.05, 4.69) is 11.8 Å². The molecule has 80 valence electrons. The zero-order chi connectivity index (χ0) is 10.1. The number of hydrogen-bond acceptors (Lipinski definition) is 3. The monoisotopic (exact) mass is 199 g/mol. The van der Waals surface area contributed by atoms with Crippen LogP contribution in [0.4, 0.5) is 0 Å². The summed E-state index contributed by atoms with van der Waals surface area (Å²) in [6.45, 7) is 4.82. The van der Waals surface area contributed by atoms with Gasteiger partial charge in [0.2, 0.25) is 0 Å². The maximum absolute atomic E-state index is 10.5. The highest BCUT2D eigenvalue weighted by Gasteiger charge is 2.38. The number of carbonyl (C=O) groups is 1. The quantitative estimate of drug-likeness (QED) is 0.722. The Kier molecular flexibility index (Phi) is 2.74. The van der Waals surface area contributed by atoms with Crippen LogP contribution >= 0.6 is 0 Å². The molecule has 2 saturated heterocycles. The normalized spacial score (nSPS) is 34.4. The molecule has 4 heteroatoms. The van der Waals surface area contributed by atoms with Gasteiger partial charge < -0.3 is 9.84 Å². The van der Waals surface area contributed by atoms with Gasteiger partial charge >= 0.3 is 5.97 Å². The SMILES string of the molecule is CC1OCCC1N1CC(CC(=O)O)C1. The smallest absolute Gasteiger partial charge is 0.303 e. The van der Waals surface area contributed by atoms with Gasteiger partial charge in [-0.2, -0.15) is 0 Å². The second kappa shape index (κ2) is 3.87. The summed E-state index contributed by atoms with van der Waals surface area (Å²) in [6.07, 6.45) is 1.74. The highest BCUT2D eigenvalue weighted by molar-refractivity contribution is 5.67.